The van der Waals surface area contributed by atoms with Gasteiger partial charge >= 0.3 is 5.97 Å². The fourth-order valence-electron chi connectivity index (χ4n) is 2.77. The smallest absolute Gasteiger partial charge is 0.331 e. The Morgan fingerprint density at radius 3 is 2.42 bits per heavy atom. The van der Waals surface area contributed by atoms with Crippen LogP contribution in [-0.4, -0.2) is 38.2 Å². The van der Waals surface area contributed by atoms with E-state index in [1.165, 1.54) is 11.0 Å². The molecule has 0 saturated carbocycles. The Balaban J connectivity index is 2.00. The number of amides is 1. The number of carbonyl (C=O) groups excluding carboxylic acids is 2. The number of ether oxygens (including phenoxy) is 3. The van der Waals surface area contributed by atoms with E-state index in [9.17, 15) is 9.59 Å². The lowest BCUT2D eigenvalue weighted by atomic mass is 10.2. The van der Waals surface area contributed by atoms with E-state index in [1.54, 1.807) is 30.3 Å². The molecule has 0 aromatic heterocycles. The minimum absolute atomic E-state index is 0.154. The molecule has 0 heterocycles. The number of esters is 1. The number of nitriles is 1. The van der Waals surface area contributed by atoms with Crippen LogP contribution in [0.3, 0.4) is 0 Å². The van der Waals surface area contributed by atoms with Gasteiger partial charge in [0.1, 0.15) is 11.5 Å². The monoisotopic (exact) mass is 422 g/mol. The van der Waals surface area contributed by atoms with Crippen LogP contribution in [-0.2, 0) is 14.3 Å². The first-order valence-electron chi connectivity index (χ1n) is 10.1. The first kappa shape index (κ1) is 23.5. The highest BCUT2D eigenvalue weighted by molar-refractivity contribution is 5.96. The lowest BCUT2D eigenvalue weighted by Crippen LogP contribution is -2.35. The summed E-state index contributed by atoms with van der Waals surface area (Å²) in [6.45, 7) is 4.56. The van der Waals surface area contributed by atoms with Crippen LogP contribution >= 0.6 is 0 Å². The molecule has 0 aliphatic carbocycles. The van der Waals surface area contributed by atoms with E-state index in [0.29, 0.717) is 30.4 Å². The molecule has 0 saturated heterocycles. The Hall–Kier alpha value is -3.79. The van der Waals surface area contributed by atoms with Crippen molar-refractivity contribution >= 4 is 23.6 Å². The quantitative estimate of drug-likeness (QED) is 0.402. The molecular weight excluding hydrogens is 396 g/mol. The summed E-state index contributed by atoms with van der Waals surface area (Å²) in [7, 11) is 0. The van der Waals surface area contributed by atoms with Gasteiger partial charge in [-0.25, -0.2) is 4.79 Å². The van der Waals surface area contributed by atoms with Crippen LogP contribution < -0.4 is 14.4 Å². The number of carbonyl (C=O) groups is 2. The van der Waals surface area contributed by atoms with Crippen molar-refractivity contribution in [1.82, 2.24) is 0 Å². The predicted molar refractivity (Wildman–Crippen MR) is 118 cm³/mol. The van der Waals surface area contributed by atoms with E-state index >= 15 is 0 Å². The number of rotatable bonds is 11. The van der Waals surface area contributed by atoms with Gasteiger partial charge in [-0.15, -0.1) is 0 Å². The van der Waals surface area contributed by atoms with Crippen LogP contribution in [0.4, 0.5) is 5.69 Å². The van der Waals surface area contributed by atoms with Crippen molar-refractivity contribution in [1.29, 1.82) is 5.26 Å². The second-order valence-electron chi connectivity index (χ2n) is 6.29. The molecule has 1 amide bonds. The van der Waals surface area contributed by atoms with Gasteiger partial charge in [-0.2, -0.15) is 5.26 Å². The molecule has 0 bridgehead atoms. The van der Waals surface area contributed by atoms with Gasteiger partial charge < -0.3 is 19.1 Å². The average Bonchev–Trinajstić information content (AvgIpc) is 2.78. The minimum atomic E-state index is -0.647. The second kappa shape index (κ2) is 12.7. The van der Waals surface area contributed by atoms with E-state index in [2.05, 4.69) is 0 Å². The van der Waals surface area contributed by atoms with Crippen molar-refractivity contribution in [3.05, 3.63) is 60.2 Å². The summed E-state index contributed by atoms with van der Waals surface area (Å²) >= 11 is 0. The highest BCUT2D eigenvalue weighted by Gasteiger charge is 2.17. The molecule has 2 aromatic rings. The summed E-state index contributed by atoms with van der Waals surface area (Å²) in [5.74, 6) is 0.272. The number of hydrogen-bond donors (Lipinski definition) is 0. The fraction of sp³-hybridized carbons (Fsp3) is 0.292. The van der Waals surface area contributed by atoms with Crippen molar-refractivity contribution in [2.24, 2.45) is 0 Å². The SMILES string of the molecule is CCOc1ccc(N(CCC#N)C(=O)COC(=O)/C=C/c2ccccc2OCC)cc1. The Morgan fingerprint density at radius 1 is 1.03 bits per heavy atom. The summed E-state index contributed by atoms with van der Waals surface area (Å²) in [6, 6.07) is 16.3. The van der Waals surface area contributed by atoms with E-state index in [4.69, 9.17) is 19.5 Å². The first-order chi connectivity index (χ1) is 15.1. The van der Waals surface area contributed by atoms with Gasteiger partial charge in [0.25, 0.3) is 5.91 Å². The molecule has 0 fully saturated rings. The normalized spacial score (nSPS) is 10.4. The standard InChI is InChI=1S/C24H26N2O5/c1-3-29-21-13-11-20(12-14-21)26(17-7-16-25)23(27)18-31-24(28)15-10-19-8-5-6-9-22(19)30-4-2/h5-6,8-15H,3-4,7,17-18H2,1-2H3/b15-10+. The maximum atomic E-state index is 12.6. The summed E-state index contributed by atoms with van der Waals surface area (Å²) in [5.41, 5.74) is 1.33. The molecule has 0 spiro atoms. The highest BCUT2D eigenvalue weighted by Crippen LogP contribution is 2.21. The molecule has 7 heteroatoms. The molecule has 0 aliphatic rings. The van der Waals surface area contributed by atoms with Crippen LogP contribution in [0.1, 0.15) is 25.8 Å². The number of benzene rings is 2. The van der Waals surface area contributed by atoms with Gasteiger partial charge in [0.15, 0.2) is 6.61 Å². The number of hydrogen-bond acceptors (Lipinski definition) is 6. The third-order valence-corrected chi connectivity index (χ3v) is 4.16. The van der Waals surface area contributed by atoms with Gasteiger partial charge in [-0.3, -0.25) is 4.79 Å². The van der Waals surface area contributed by atoms with E-state index in [1.807, 2.05) is 44.2 Å². The van der Waals surface area contributed by atoms with Gasteiger partial charge in [0.2, 0.25) is 0 Å². The third kappa shape index (κ3) is 7.52. The van der Waals surface area contributed by atoms with Crippen molar-refractivity contribution in [3.63, 3.8) is 0 Å². The Morgan fingerprint density at radius 2 is 1.74 bits per heavy atom. The summed E-state index contributed by atoms with van der Waals surface area (Å²) in [4.78, 5) is 26.1. The second-order valence-corrected chi connectivity index (χ2v) is 6.29. The molecule has 0 unspecified atom stereocenters. The zero-order valence-electron chi connectivity index (χ0n) is 17.7. The topological polar surface area (TPSA) is 88.9 Å². The summed E-state index contributed by atoms with van der Waals surface area (Å²) in [6.07, 6.45) is 2.99. The molecule has 0 aliphatic heterocycles. The van der Waals surface area contributed by atoms with Crippen molar-refractivity contribution in [3.8, 4) is 17.6 Å². The largest absolute Gasteiger partial charge is 0.494 e. The first-order valence-corrected chi connectivity index (χ1v) is 10.1. The zero-order valence-corrected chi connectivity index (χ0v) is 17.7. The van der Waals surface area contributed by atoms with Crippen LogP contribution in [0.25, 0.3) is 6.08 Å². The molecule has 0 N–H and O–H groups in total. The van der Waals surface area contributed by atoms with Crippen LogP contribution in [0.5, 0.6) is 11.5 Å². The minimum Gasteiger partial charge on any atom is -0.494 e. The zero-order chi connectivity index (χ0) is 22.5. The summed E-state index contributed by atoms with van der Waals surface area (Å²) < 4.78 is 16.0. The van der Waals surface area contributed by atoms with Crippen molar-refractivity contribution in [2.45, 2.75) is 20.3 Å². The molecule has 2 aromatic carbocycles. The van der Waals surface area contributed by atoms with Gasteiger partial charge in [-0.1, -0.05) is 18.2 Å². The Bertz CT molecular complexity index is 932. The molecule has 31 heavy (non-hydrogen) atoms. The maximum Gasteiger partial charge on any atom is 0.331 e. The number of para-hydroxylation sites is 1. The lowest BCUT2D eigenvalue weighted by Gasteiger charge is -2.21. The molecular formula is C24H26N2O5. The number of nitrogens with zero attached hydrogens (tertiary/aromatic N) is 2. The van der Waals surface area contributed by atoms with E-state index in [0.717, 1.165) is 5.56 Å². The van der Waals surface area contributed by atoms with Crippen LogP contribution in [0.15, 0.2) is 54.6 Å². The Labute approximate surface area is 182 Å². The van der Waals surface area contributed by atoms with Gasteiger partial charge in [0, 0.05) is 23.9 Å². The van der Waals surface area contributed by atoms with Crippen LogP contribution in [0, 0.1) is 11.3 Å². The third-order valence-electron chi connectivity index (χ3n) is 4.16. The highest BCUT2D eigenvalue weighted by atomic mass is 16.5. The molecule has 7 nitrogen and oxygen atoms in total. The fourth-order valence-corrected chi connectivity index (χ4v) is 2.77. The predicted octanol–water partition coefficient (Wildman–Crippen LogP) is 3.99. The van der Waals surface area contributed by atoms with Crippen molar-refractivity contribution in [2.75, 3.05) is 31.3 Å². The molecule has 0 radical (unpaired) electrons. The average molecular weight is 422 g/mol. The molecule has 162 valence electrons. The van der Waals surface area contributed by atoms with Crippen molar-refractivity contribution < 1.29 is 23.8 Å². The van der Waals surface area contributed by atoms with Gasteiger partial charge in [-0.05, 0) is 50.3 Å². The molecule has 0 atom stereocenters. The maximum absolute atomic E-state index is 12.6. The Kier molecular flexibility index (Phi) is 9.63. The van der Waals surface area contributed by atoms with E-state index < -0.39 is 18.5 Å². The molecule has 2 rings (SSSR count). The van der Waals surface area contributed by atoms with E-state index in [-0.39, 0.29) is 13.0 Å². The van der Waals surface area contributed by atoms with Crippen LogP contribution in [0.2, 0.25) is 0 Å². The summed E-state index contributed by atoms with van der Waals surface area (Å²) in [5, 5.41) is 8.90. The van der Waals surface area contributed by atoms with Gasteiger partial charge in [0.05, 0.1) is 25.7 Å². The lowest BCUT2D eigenvalue weighted by molar-refractivity contribution is -0.142. The number of anilines is 1.